The number of aryl methyl sites for hydroxylation is 1. The quantitative estimate of drug-likeness (QED) is 0.563. The van der Waals surface area contributed by atoms with E-state index in [4.69, 9.17) is 13.9 Å². The number of rotatable bonds is 10. The fourth-order valence-electron chi connectivity index (χ4n) is 3.74. The van der Waals surface area contributed by atoms with E-state index in [0.717, 1.165) is 29.9 Å². The van der Waals surface area contributed by atoms with Gasteiger partial charge in [0.25, 0.3) is 0 Å². The van der Waals surface area contributed by atoms with E-state index in [9.17, 15) is 9.59 Å². The summed E-state index contributed by atoms with van der Waals surface area (Å²) in [6.07, 6.45) is 2.48. The summed E-state index contributed by atoms with van der Waals surface area (Å²) in [5, 5.41) is 2.99. The number of carbonyl (C=O) groups excluding carboxylic acids is 2. The minimum atomic E-state index is -0.369. The van der Waals surface area contributed by atoms with Crippen molar-refractivity contribution in [2.24, 2.45) is 0 Å². The van der Waals surface area contributed by atoms with Crippen LogP contribution in [-0.2, 0) is 17.8 Å². The van der Waals surface area contributed by atoms with Crippen LogP contribution in [-0.4, -0.2) is 60.6 Å². The molecule has 1 fully saturated rings. The molecule has 8 nitrogen and oxygen atoms in total. The van der Waals surface area contributed by atoms with Crippen LogP contribution >= 0.6 is 0 Å². The molecule has 0 radical (unpaired) electrons. The molecule has 1 N–H and O–H groups in total. The molecule has 0 saturated heterocycles. The average Bonchev–Trinajstić information content (AvgIpc) is 3.54. The van der Waals surface area contributed by atoms with Gasteiger partial charge >= 0.3 is 6.03 Å². The molecule has 8 heteroatoms. The summed E-state index contributed by atoms with van der Waals surface area (Å²) in [6, 6.07) is 9.44. The van der Waals surface area contributed by atoms with Crippen molar-refractivity contribution in [2.75, 3.05) is 27.3 Å². The SMILES string of the molecule is COc1ccc(CCN(Cc2ccc(C)o2)C(=O)CN(C(=O)NC(C)(C)C)C2CC2)cc1OC. The Morgan fingerprint density at radius 2 is 1.79 bits per heavy atom. The molecule has 2 aromatic rings. The lowest BCUT2D eigenvalue weighted by molar-refractivity contribution is -0.132. The van der Waals surface area contributed by atoms with Crippen LogP contribution in [0.25, 0.3) is 0 Å². The molecule has 34 heavy (non-hydrogen) atoms. The van der Waals surface area contributed by atoms with Gasteiger partial charge in [-0.15, -0.1) is 0 Å². The Balaban J connectivity index is 1.74. The summed E-state index contributed by atoms with van der Waals surface area (Å²) in [7, 11) is 3.20. The van der Waals surface area contributed by atoms with Gasteiger partial charge in [-0.2, -0.15) is 0 Å². The summed E-state index contributed by atoms with van der Waals surface area (Å²) < 4.78 is 16.5. The molecular formula is C26H37N3O5. The molecule has 1 aromatic heterocycles. The topological polar surface area (TPSA) is 84.2 Å². The maximum Gasteiger partial charge on any atom is 0.318 e. The molecule has 1 saturated carbocycles. The summed E-state index contributed by atoms with van der Waals surface area (Å²) in [5.41, 5.74) is 0.655. The Morgan fingerprint density at radius 1 is 1.09 bits per heavy atom. The van der Waals surface area contributed by atoms with Gasteiger partial charge in [0.2, 0.25) is 5.91 Å². The number of nitrogens with zero attached hydrogens (tertiary/aromatic N) is 2. The molecule has 0 atom stereocenters. The zero-order valence-corrected chi connectivity index (χ0v) is 21.1. The number of furan rings is 1. The molecule has 0 unspecified atom stereocenters. The van der Waals surface area contributed by atoms with E-state index in [0.29, 0.717) is 31.0 Å². The first-order chi connectivity index (χ1) is 16.1. The highest BCUT2D eigenvalue weighted by Gasteiger charge is 2.36. The van der Waals surface area contributed by atoms with Crippen LogP contribution in [0.3, 0.4) is 0 Å². The molecule has 1 heterocycles. The maximum atomic E-state index is 13.4. The number of hydrogen-bond acceptors (Lipinski definition) is 5. The Labute approximate surface area is 202 Å². The monoisotopic (exact) mass is 471 g/mol. The van der Waals surface area contributed by atoms with E-state index in [-0.39, 0.29) is 30.1 Å². The molecule has 0 spiro atoms. The van der Waals surface area contributed by atoms with Crippen molar-refractivity contribution in [1.82, 2.24) is 15.1 Å². The van der Waals surface area contributed by atoms with Gasteiger partial charge in [0.1, 0.15) is 18.1 Å². The van der Waals surface area contributed by atoms with Crippen molar-refractivity contribution in [2.45, 2.75) is 65.1 Å². The summed E-state index contributed by atoms with van der Waals surface area (Å²) >= 11 is 0. The molecular weight excluding hydrogens is 434 g/mol. The second-order valence-corrected chi connectivity index (χ2v) is 9.81. The molecule has 1 aliphatic rings. The molecule has 3 amide bonds. The van der Waals surface area contributed by atoms with Crippen LogP contribution in [0.4, 0.5) is 4.79 Å². The normalized spacial score (nSPS) is 13.4. The van der Waals surface area contributed by atoms with E-state index < -0.39 is 0 Å². The molecule has 1 aliphatic carbocycles. The lowest BCUT2D eigenvalue weighted by Crippen LogP contribution is -2.52. The van der Waals surface area contributed by atoms with Crippen LogP contribution in [0.2, 0.25) is 0 Å². The van der Waals surface area contributed by atoms with E-state index in [2.05, 4.69) is 5.32 Å². The van der Waals surface area contributed by atoms with Gasteiger partial charge < -0.3 is 29.0 Å². The van der Waals surface area contributed by atoms with Crippen molar-refractivity contribution in [3.05, 3.63) is 47.4 Å². The Hall–Kier alpha value is -3.16. The third-order valence-corrected chi connectivity index (χ3v) is 5.65. The lowest BCUT2D eigenvalue weighted by atomic mass is 10.1. The zero-order chi connectivity index (χ0) is 24.9. The number of carbonyl (C=O) groups is 2. The van der Waals surface area contributed by atoms with Crippen LogP contribution < -0.4 is 14.8 Å². The van der Waals surface area contributed by atoms with Gasteiger partial charge in [0.05, 0.1) is 20.8 Å². The fraction of sp³-hybridized carbons (Fsp3) is 0.538. The number of benzene rings is 1. The number of nitrogens with one attached hydrogen (secondary N) is 1. The highest BCUT2D eigenvalue weighted by molar-refractivity contribution is 5.84. The van der Waals surface area contributed by atoms with Gasteiger partial charge in [-0.1, -0.05) is 6.07 Å². The Kier molecular flexibility index (Phi) is 8.12. The minimum absolute atomic E-state index is 0.0399. The first-order valence-corrected chi connectivity index (χ1v) is 11.7. The van der Waals surface area contributed by atoms with Crippen LogP contribution in [0.5, 0.6) is 11.5 Å². The van der Waals surface area contributed by atoms with Crippen molar-refractivity contribution < 1.29 is 23.5 Å². The van der Waals surface area contributed by atoms with Crippen LogP contribution in [0.15, 0.2) is 34.7 Å². The standard InChI is InChI=1S/C26H37N3O5/c1-18-7-11-21(34-18)16-28(14-13-19-8-12-22(32-5)23(15-19)33-6)24(30)17-29(20-9-10-20)25(31)27-26(2,3)4/h7-8,11-12,15,20H,9-10,13-14,16-17H2,1-6H3,(H,27,31). The first kappa shape index (κ1) is 25.5. The van der Waals surface area contributed by atoms with E-state index in [1.165, 1.54) is 0 Å². The predicted octanol–water partition coefficient (Wildman–Crippen LogP) is 4.15. The van der Waals surface area contributed by atoms with E-state index in [1.54, 1.807) is 24.0 Å². The lowest BCUT2D eigenvalue weighted by Gasteiger charge is -2.30. The molecule has 186 valence electrons. The Bertz CT molecular complexity index is 991. The Morgan fingerprint density at radius 3 is 2.35 bits per heavy atom. The minimum Gasteiger partial charge on any atom is -0.493 e. The van der Waals surface area contributed by atoms with Gasteiger partial charge in [-0.05, 0) is 76.8 Å². The van der Waals surface area contributed by atoms with Crippen molar-refractivity contribution >= 4 is 11.9 Å². The van der Waals surface area contributed by atoms with Crippen LogP contribution in [0, 0.1) is 6.92 Å². The molecule has 0 bridgehead atoms. The van der Waals surface area contributed by atoms with Gasteiger partial charge in [0, 0.05) is 18.1 Å². The van der Waals surface area contributed by atoms with Crippen molar-refractivity contribution in [1.29, 1.82) is 0 Å². The van der Waals surface area contributed by atoms with Crippen molar-refractivity contribution in [3.63, 3.8) is 0 Å². The number of urea groups is 1. The third kappa shape index (κ3) is 7.17. The van der Waals surface area contributed by atoms with Gasteiger partial charge in [-0.25, -0.2) is 4.79 Å². The number of ether oxygens (including phenoxy) is 2. The average molecular weight is 472 g/mol. The largest absolute Gasteiger partial charge is 0.493 e. The smallest absolute Gasteiger partial charge is 0.318 e. The number of amides is 3. The highest BCUT2D eigenvalue weighted by atomic mass is 16.5. The maximum absolute atomic E-state index is 13.4. The fourth-order valence-corrected chi connectivity index (χ4v) is 3.74. The second kappa shape index (κ2) is 10.8. The van der Waals surface area contributed by atoms with Gasteiger partial charge in [0.15, 0.2) is 11.5 Å². The molecule has 3 rings (SSSR count). The second-order valence-electron chi connectivity index (χ2n) is 9.81. The van der Waals surface area contributed by atoms with Gasteiger partial charge in [-0.3, -0.25) is 4.79 Å². The van der Waals surface area contributed by atoms with E-state index in [1.807, 2.05) is 58.0 Å². The number of hydrogen-bond donors (Lipinski definition) is 1. The van der Waals surface area contributed by atoms with E-state index >= 15 is 0 Å². The zero-order valence-electron chi connectivity index (χ0n) is 21.1. The van der Waals surface area contributed by atoms with Crippen molar-refractivity contribution in [3.8, 4) is 11.5 Å². The predicted molar refractivity (Wildman–Crippen MR) is 130 cm³/mol. The summed E-state index contributed by atoms with van der Waals surface area (Å²) in [6.45, 7) is 8.56. The summed E-state index contributed by atoms with van der Waals surface area (Å²) in [4.78, 5) is 29.7. The number of methoxy groups -OCH3 is 2. The highest BCUT2D eigenvalue weighted by Crippen LogP contribution is 2.29. The molecule has 1 aromatic carbocycles. The van der Waals surface area contributed by atoms with Crippen LogP contribution in [0.1, 0.15) is 50.7 Å². The molecule has 0 aliphatic heterocycles. The first-order valence-electron chi connectivity index (χ1n) is 11.7. The third-order valence-electron chi connectivity index (χ3n) is 5.65. The summed E-state index contributed by atoms with van der Waals surface area (Å²) in [5.74, 6) is 2.72.